The minimum Gasteiger partial charge on any atom is -0.321 e. The number of aromatic nitrogens is 5. The van der Waals surface area contributed by atoms with Crippen molar-refractivity contribution < 1.29 is 27.6 Å². The highest BCUT2D eigenvalue weighted by atomic mass is 19.4. The number of anilines is 1. The number of piperidine rings is 2. The van der Waals surface area contributed by atoms with Crippen molar-refractivity contribution in [1.82, 2.24) is 33.9 Å². The van der Waals surface area contributed by atoms with Gasteiger partial charge in [0, 0.05) is 37.8 Å². The second-order valence-electron chi connectivity index (χ2n) is 14.9. The van der Waals surface area contributed by atoms with E-state index in [9.17, 15) is 32.3 Å². The van der Waals surface area contributed by atoms with E-state index in [1.165, 1.54) is 6.07 Å². The van der Waals surface area contributed by atoms with E-state index >= 15 is 0 Å². The number of imidazole rings is 1. The molecule has 3 amide bonds. The lowest BCUT2D eigenvalue weighted by atomic mass is 9.80. The second-order valence-corrected chi connectivity index (χ2v) is 14.9. The first kappa shape index (κ1) is 35.7. The Balaban J connectivity index is 0.857. The summed E-state index contributed by atoms with van der Waals surface area (Å²) in [5.74, 6) is -0.252. The Kier molecular flexibility index (Phi) is 9.36. The summed E-state index contributed by atoms with van der Waals surface area (Å²) in [6, 6.07) is 13.9. The van der Waals surface area contributed by atoms with Crippen molar-refractivity contribution in [3.05, 3.63) is 93.9 Å². The van der Waals surface area contributed by atoms with Gasteiger partial charge in [0.25, 0.3) is 5.91 Å². The molecular weight excluding hydrogens is 701 g/mol. The number of nitrogens with one attached hydrogen (secondary N) is 2. The molecule has 2 N–H and O–H groups in total. The molecule has 8 rings (SSSR count). The number of pyridine rings is 2. The van der Waals surface area contributed by atoms with Gasteiger partial charge in [-0.05, 0) is 112 Å². The zero-order valence-electron chi connectivity index (χ0n) is 29.8. The number of para-hydroxylation sites is 1. The van der Waals surface area contributed by atoms with Gasteiger partial charge in [-0.1, -0.05) is 18.2 Å². The maximum Gasteiger partial charge on any atom is 0.433 e. The minimum absolute atomic E-state index is 0.209. The summed E-state index contributed by atoms with van der Waals surface area (Å²) < 4.78 is 44.2. The first-order chi connectivity index (χ1) is 25.9. The third kappa shape index (κ3) is 6.92. The zero-order valence-corrected chi connectivity index (χ0v) is 29.8. The number of rotatable bonds is 7. The smallest absolute Gasteiger partial charge is 0.321 e. The molecule has 5 aromatic rings. The Labute approximate surface area is 308 Å². The molecule has 0 radical (unpaired) electrons. The number of nitrogens with zero attached hydrogens (tertiary/aromatic N) is 6. The van der Waals surface area contributed by atoms with Crippen LogP contribution in [0.3, 0.4) is 0 Å². The Morgan fingerprint density at radius 1 is 0.926 bits per heavy atom. The molecule has 0 bridgehead atoms. The van der Waals surface area contributed by atoms with Crippen molar-refractivity contribution in [2.24, 2.45) is 13.0 Å². The maximum absolute atomic E-state index is 13.4. The first-order valence-electron chi connectivity index (χ1n) is 18.5. The molecule has 1 aliphatic carbocycles. The molecule has 3 fully saturated rings. The van der Waals surface area contributed by atoms with E-state index in [2.05, 4.69) is 26.6 Å². The van der Waals surface area contributed by atoms with E-state index in [0.717, 1.165) is 98.1 Å². The van der Waals surface area contributed by atoms with Crippen LogP contribution in [-0.4, -0.2) is 66.0 Å². The number of likely N-dealkylation sites (tertiary alicyclic amines) is 1. The number of fused-ring (bicyclic) bond motifs is 2. The van der Waals surface area contributed by atoms with Gasteiger partial charge in [-0.2, -0.15) is 18.3 Å². The number of aryl methyl sites for hydroxylation is 1. The van der Waals surface area contributed by atoms with E-state index in [1.807, 2.05) is 18.2 Å². The molecule has 6 heterocycles. The highest BCUT2D eigenvalue weighted by Crippen LogP contribution is 2.38. The summed E-state index contributed by atoms with van der Waals surface area (Å²) in [6.45, 7) is 2.98. The summed E-state index contributed by atoms with van der Waals surface area (Å²) >= 11 is 0. The fourth-order valence-electron chi connectivity index (χ4n) is 8.67. The SMILES string of the molecule is Cn1c(=O)n(C2CCC(=O)NC2=O)c2cccc(C3CCN(CC4CCC(c5cc6cc(NC(=O)c7cccc(C(F)(F)F)n7)ccn6n5)CC4)CC3)c21. The van der Waals surface area contributed by atoms with Crippen LogP contribution in [-0.2, 0) is 22.8 Å². The monoisotopic (exact) mass is 742 g/mol. The molecule has 1 atom stereocenters. The lowest BCUT2D eigenvalue weighted by Gasteiger charge is -2.36. The molecule has 282 valence electrons. The third-order valence-electron chi connectivity index (χ3n) is 11.5. The summed E-state index contributed by atoms with van der Waals surface area (Å²) in [7, 11) is 1.76. The third-order valence-corrected chi connectivity index (χ3v) is 11.5. The van der Waals surface area contributed by atoms with Crippen LogP contribution in [0.25, 0.3) is 16.6 Å². The Bertz CT molecular complexity index is 2310. The van der Waals surface area contributed by atoms with Crippen molar-refractivity contribution in [1.29, 1.82) is 0 Å². The van der Waals surface area contributed by atoms with Crippen LogP contribution in [0.15, 0.2) is 65.6 Å². The molecule has 3 aliphatic rings. The molecule has 1 unspecified atom stereocenters. The van der Waals surface area contributed by atoms with E-state index in [0.29, 0.717) is 29.9 Å². The molecular formula is C39H41F3N8O4. The predicted molar refractivity (Wildman–Crippen MR) is 194 cm³/mol. The van der Waals surface area contributed by atoms with Crippen LogP contribution in [0.1, 0.15) is 96.7 Å². The predicted octanol–water partition coefficient (Wildman–Crippen LogP) is 5.78. The van der Waals surface area contributed by atoms with Crippen molar-refractivity contribution in [3.63, 3.8) is 0 Å². The lowest BCUT2D eigenvalue weighted by molar-refractivity contribution is -0.141. The number of hydrogen-bond donors (Lipinski definition) is 2. The highest BCUT2D eigenvalue weighted by molar-refractivity contribution is 6.03. The summed E-state index contributed by atoms with van der Waals surface area (Å²) in [5.41, 5.74) is 3.27. The van der Waals surface area contributed by atoms with Gasteiger partial charge in [-0.15, -0.1) is 0 Å². The van der Waals surface area contributed by atoms with Crippen LogP contribution < -0.4 is 16.3 Å². The topological polar surface area (TPSA) is 136 Å². The van der Waals surface area contributed by atoms with Gasteiger partial charge >= 0.3 is 11.9 Å². The fourth-order valence-corrected chi connectivity index (χ4v) is 8.67. The normalized spacial score (nSPS) is 21.8. The van der Waals surface area contributed by atoms with Crippen molar-refractivity contribution in [3.8, 4) is 0 Å². The largest absolute Gasteiger partial charge is 0.433 e. The number of hydrogen-bond acceptors (Lipinski definition) is 7. The molecule has 15 heteroatoms. The molecule has 54 heavy (non-hydrogen) atoms. The van der Waals surface area contributed by atoms with Gasteiger partial charge in [0.1, 0.15) is 17.4 Å². The van der Waals surface area contributed by atoms with Gasteiger partial charge in [0.15, 0.2) is 0 Å². The Morgan fingerprint density at radius 2 is 1.69 bits per heavy atom. The second kappa shape index (κ2) is 14.2. The standard InChI is InChI=1S/C39H41F3N8O4/c1-47-35-28(4-2-6-31(35)50(38(47)54)32-12-13-34(51)45-37(32)53)24-14-17-48(18-15-24)22-23-8-10-25(11-9-23)30-21-27-20-26(16-19-49(27)46-30)43-36(52)29-5-3-7-33(44-29)39(40,41)42/h2-7,16,19-21,23-25,32H,8-15,17-18,22H2,1H3,(H,43,52)(H,45,51,53). The number of benzene rings is 1. The van der Waals surface area contributed by atoms with Crippen LogP contribution >= 0.6 is 0 Å². The summed E-state index contributed by atoms with van der Waals surface area (Å²) in [5, 5.41) is 9.83. The minimum atomic E-state index is -4.64. The van der Waals surface area contributed by atoms with Crippen molar-refractivity contribution >= 4 is 40.0 Å². The van der Waals surface area contributed by atoms with Gasteiger partial charge < -0.3 is 10.2 Å². The van der Waals surface area contributed by atoms with Gasteiger partial charge in [-0.3, -0.25) is 28.8 Å². The maximum atomic E-state index is 13.4. The van der Waals surface area contributed by atoms with Crippen LogP contribution in [0.2, 0.25) is 0 Å². The molecule has 2 saturated heterocycles. The van der Waals surface area contributed by atoms with Crippen molar-refractivity contribution in [2.75, 3.05) is 25.0 Å². The zero-order chi connectivity index (χ0) is 37.7. The Hall–Kier alpha value is -5.31. The average molecular weight is 743 g/mol. The number of halogens is 3. The van der Waals surface area contributed by atoms with Crippen LogP contribution in [0, 0.1) is 5.92 Å². The number of carbonyl (C=O) groups is 3. The van der Waals surface area contributed by atoms with Crippen LogP contribution in [0.5, 0.6) is 0 Å². The summed E-state index contributed by atoms with van der Waals surface area (Å²) in [4.78, 5) is 56.6. The van der Waals surface area contributed by atoms with Gasteiger partial charge in [-0.25, -0.2) is 14.3 Å². The van der Waals surface area contributed by atoms with Gasteiger partial charge in [0.05, 0.1) is 22.2 Å². The van der Waals surface area contributed by atoms with E-state index in [4.69, 9.17) is 5.10 Å². The molecule has 1 saturated carbocycles. The molecule has 4 aromatic heterocycles. The van der Waals surface area contributed by atoms with Crippen molar-refractivity contribution in [2.45, 2.75) is 75.4 Å². The molecule has 1 aromatic carbocycles. The van der Waals surface area contributed by atoms with E-state index in [1.54, 1.807) is 39.0 Å². The molecule has 12 nitrogen and oxygen atoms in total. The number of amides is 3. The number of carbonyl (C=O) groups excluding carboxylic acids is 3. The molecule has 0 spiro atoms. The lowest BCUT2D eigenvalue weighted by Crippen LogP contribution is -2.44. The van der Waals surface area contributed by atoms with E-state index < -0.39 is 29.7 Å². The average Bonchev–Trinajstić information content (AvgIpc) is 3.70. The Morgan fingerprint density at radius 3 is 2.43 bits per heavy atom. The summed E-state index contributed by atoms with van der Waals surface area (Å²) in [6.07, 6.45) is 3.81. The number of alkyl halides is 3. The first-order valence-corrected chi connectivity index (χ1v) is 18.5. The quantitative estimate of drug-likeness (QED) is 0.202. The van der Waals surface area contributed by atoms with E-state index in [-0.39, 0.29) is 23.7 Å². The fraction of sp³-hybridized carbons (Fsp3) is 0.436. The highest BCUT2D eigenvalue weighted by Gasteiger charge is 2.34. The molecule has 2 aliphatic heterocycles. The number of imide groups is 1. The van der Waals surface area contributed by atoms with Gasteiger partial charge in [0.2, 0.25) is 11.8 Å². The van der Waals surface area contributed by atoms with Crippen LogP contribution in [0.4, 0.5) is 18.9 Å².